The van der Waals surface area contributed by atoms with E-state index in [0.717, 1.165) is 31.6 Å². The number of nitrogens with zero attached hydrogens (tertiary/aromatic N) is 3. The summed E-state index contributed by atoms with van der Waals surface area (Å²) >= 11 is 0. The van der Waals surface area contributed by atoms with Crippen molar-refractivity contribution < 1.29 is 13.2 Å². The number of halogens is 1. The first-order valence-corrected chi connectivity index (χ1v) is 10.9. The molecule has 160 valence electrons. The molecule has 28 heavy (non-hydrogen) atoms. The van der Waals surface area contributed by atoms with Crippen LogP contribution in [0.5, 0.6) is 0 Å². The molecule has 1 aliphatic rings. The molecule has 2 rings (SSSR count). The normalized spacial score (nSPS) is 14.7. The van der Waals surface area contributed by atoms with E-state index in [4.69, 9.17) is 4.74 Å². The van der Waals surface area contributed by atoms with Crippen molar-refractivity contribution in [1.29, 1.82) is 0 Å². The fraction of sp³-hybridized carbons (Fsp3) is 0.632. The smallest absolute Gasteiger partial charge is 0.242 e. The zero-order chi connectivity index (χ0) is 19.9. The highest BCUT2D eigenvalue weighted by atomic mass is 127. The molecular weight excluding hydrogens is 491 g/mol. The first kappa shape index (κ1) is 25.1. The molecule has 0 radical (unpaired) electrons. The van der Waals surface area contributed by atoms with E-state index in [2.05, 4.69) is 10.3 Å². The minimum absolute atomic E-state index is 0. The SMILES string of the molecule is CCNC(=NCc1ccccc1S(=O)(=O)N(C)C)N(C)CCOCC1CC1.I. The van der Waals surface area contributed by atoms with Gasteiger partial charge in [-0.05, 0) is 37.3 Å². The molecule has 0 aromatic heterocycles. The third-order valence-electron chi connectivity index (χ3n) is 4.45. The van der Waals surface area contributed by atoms with Gasteiger partial charge in [0.25, 0.3) is 0 Å². The van der Waals surface area contributed by atoms with E-state index in [1.54, 1.807) is 12.1 Å². The van der Waals surface area contributed by atoms with Gasteiger partial charge in [-0.3, -0.25) is 0 Å². The van der Waals surface area contributed by atoms with Gasteiger partial charge in [0, 0.05) is 40.8 Å². The standard InChI is InChI=1S/C19H32N4O3S.HI/c1-5-20-19(23(4)12-13-26-15-16-10-11-16)21-14-17-8-6-7-9-18(17)27(24,25)22(2)3;/h6-9,16H,5,10-15H2,1-4H3,(H,20,21);1H. The van der Waals surface area contributed by atoms with Gasteiger partial charge in [-0.15, -0.1) is 24.0 Å². The lowest BCUT2D eigenvalue weighted by Crippen LogP contribution is -2.40. The predicted molar refractivity (Wildman–Crippen MR) is 124 cm³/mol. The fourth-order valence-corrected chi connectivity index (χ4v) is 3.66. The van der Waals surface area contributed by atoms with E-state index >= 15 is 0 Å². The number of aliphatic imine (C=N–C) groups is 1. The number of hydrogen-bond donors (Lipinski definition) is 1. The van der Waals surface area contributed by atoms with Crippen LogP contribution >= 0.6 is 24.0 Å². The summed E-state index contributed by atoms with van der Waals surface area (Å²) in [5.41, 5.74) is 0.681. The topological polar surface area (TPSA) is 74.2 Å². The third kappa shape index (κ3) is 7.49. The van der Waals surface area contributed by atoms with Gasteiger partial charge < -0.3 is 15.0 Å². The molecule has 1 aromatic carbocycles. The first-order chi connectivity index (χ1) is 12.9. The van der Waals surface area contributed by atoms with Gasteiger partial charge in [-0.25, -0.2) is 17.7 Å². The lowest BCUT2D eigenvalue weighted by molar-refractivity contribution is 0.115. The van der Waals surface area contributed by atoms with Gasteiger partial charge in [-0.1, -0.05) is 18.2 Å². The molecule has 0 amide bonds. The molecule has 1 aromatic rings. The van der Waals surface area contributed by atoms with Crippen molar-refractivity contribution in [2.24, 2.45) is 10.9 Å². The van der Waals surface area contributed by atoms with E-state index in [1.165, 1.54) is 31.2 Å². The Kier molecular flexibility index (Phi) is 10.7. The van der Waals surface area contributed by atoms with Crippen molar-refractivity contribution >= 4 is 40.0 Å². The maximum atomic E-state index is 12.5. The Labute approximate surface area is 186 Å². The van der Waals surface area contributed by atoms with Crippen LogP contribution in [0.1, 0.15) is 25.3 Å². The number of hydrogen-bond acceptors (Lipinski definition) is 4. The fourth-order valence-electron chi connectivity index (χ4n) is 2.55. The Hall–Kier alpha value is -0.910. The lowest BCUT2D eigenvalue weighted by atomic mass is 10.2. The number of ether oxygens (including phenoxy) is 1. The Bertz CT molecular complexity index is 736. The van der Waals surface area contributed by atoms with Crippen LogP contribution < -0.4 is 5.32 Å². The summed E-state index contributed by atoms with van der Waals surface area (Å²) < 4.78 is 32.0. The number of sulfonamides is 1. The molecule has 0 saturated heterocycles. The highest BCUT2D eigenvalue weighted by molar-refractivity contribution is 14.0. The molecule has 0 heterocycles. The molecule has 1 fully saturated rings. The maximum Gasteiger partial charge on any atom is 0.242 e. The van der Waals surface area contributed by atoms with Crippen LogP contribution in [0.15, 0.2) is 34.2 Å². The van der Waals surface area contributed by atoms with E-state index in [0.29, 0.717) is 23.6 Å². The molecule has 0 unspecified atom stereocenters. The molecule has 0 aliphatic heterocycles. The summed E-state index contributed by atoms with van der Waals surface area (Å²) in [5, 5.41) is 3.26. The Morgan fingerprint density at radius 1 is 1.25 bits per heavy atom. The number of guanidine groups is 1. The molecule has 0 bridgehead atoms. The molecule has 0 atom stereocenters. The van der Waals surface area contributed by atoms with Crippen LogP contribution in [0, 0.1) is 5.92 Å². The Morgan fingerprint density at radius 2 is 1.93 bits per heavy atom. The van der Waals surface area contributed by atoms with Gasteiger partial charge in [0.05, 0.1) is 18.0 Å². The summed E-state index contributed by atoms with van der Waals surface area (Å²) in [6.45, 7) is 5.27. The molecule has 0 spiro atoms. The summed E-state index contributed by atoms with van der Waals surface area (Å²) in [5.74, 6) is 1.50. The van der Waals surface area contributed by atoms with Crippen LogP contribution in [0.25, 0.3) is 0 Å². The van der Waals surface area contributed by atoms with Crippen molar-refractivity contribution in [3.63, 3.8) is 0 Å². The largest absolute Gasteiger partial charge is 0.379 e. The minimum atomic E-state index is -3.50. The predicted octanol–water partition coefficient (Wildman–Crippen LogP) is 2.38. The van der Waals surface area contributed by atoms with Gasteiger partial charge in [-0.2, -0.15) is 0 Å². The number of rotatable bonds is 10. The van der Waals surface area contributed by atoms with E-state index in [9.17, 15) is 8.42 Å². The summed E-state index contributed by atoms with van der Waals surface area (Å²) in [4.78, 5) is 6.95. The van der Waals surface area contributed by atoms with Crippen LogP contribution in [-0.4, -0.2) is 71.0 Å². The van der Waals surface area contributed by atoms with Crippen LogP contribution in [0.4, 0.5) is 0 Å². The van der Waals surface area contributed by atoms with E-state index in [1.807, 2.05) is 31.0 Å². The summed E-state index contributed by atoms with van der Waals surface area (Å²) in [6, 6.07) is 7.00. The van der Waals surface area contributed by atoms with Gasteiger partial charge in [0.1, 0.15) is 0 Å². The molecule has 1 aliphatic carbocycles. The molecule has 1 saturated carbocycles. The molecule has 7 nitrogen and oxygen atoms in total. The van der Waals surface area contributed by atoms with Crippen LogP contribution in [-0.2, 0) is 21.3 Å². The first-order valence-electron chi connectivity index (χ1n) is 9.44. The van der Waals surface area contributed by atoms with Crippen molar-refractivity contribution in [3.05, 3.63) is 29.8 Å². The quantitative estimate of drug-likeness (QED) is 0.220. The minimum Gasteiger partial charge on any atom is -0.379 e. The Balaban J connectivity index is 0.00000392. The second kappa shape index (κ2) is 11.9. The summed E-state index contributed by atoms with van der Waals surface area (Å²) in [7, 11) is 1.54. The van der Waals surface area contributed by atoms with Crippen molar-refractivity contribution in [2.45, 2.75) is 31.2 Å². The van der Waals surface area contributed by atoms with E-state index < -0.39 is 10.0 Å². The number of benzene rings is 1. The van der Waals surface area contributed by atoms with Crippen LogP contribution in [0.2, 0.25) is 0 Å². The average molecular weight is 524 g/mol. The van der Waals surface area contributed by atoms with Crippen molar-refractivity contribution in [1.82, 2.24) is 14.5 Å². The molecule has 1 N–H and O–H groups in total. The molecule has 9 heteroatoms. The van der Waals surface area contributed by atoms with Gasteiger partial charge >= 0.3 is 0 Å². The molecular formula is C19H33IN4O3S. The lowest BCUT2D eigenvalue weighted by Gasteiger charge is -2.22. The van der Waals surface area contributed by atoms with Crippen molar-refractivity contribution in [2.75, 3.05) is 47.4 Å². The highest BCUT2D eigenvalue weighted by Gasteiger charge is 2.22. The summed E-state index contributed by atoms with van der Waals surface area (Å²) in [6.07, 6.45) is 2.57. The second-order valence-electron chi connectivity index (χ2n) is 7.01. The maximum absolute atomic E-state index is 12.5. The number of likely N-dealkylation sites (N-methyl/N-ethyl adjacent to an activating group) is 1. The van der Waals surface area contributed by atoms with Gasteiger partial charge in [0.2, 0.25) is 10.0 Å². The zero-order valence-electron chi connectivity index (χ0n) is 17.2. The third-order valence-corrected chi connectivity index (χ3v) is 6.36. The number of nitrogens with one attached hydrogen (secondary N) is 1. The Morgan fingerprint density at radius 3 is 2.54 bits per heavy atom. The second-order valence-corrected chi connectivity index (χ2v) is 9.13. The van der Waals surface area contributed by atoms with Crippen molar-refractivity contribution in [3.8, 4) is 0 Å². The van der Waals surface area contributed by atoms with Gasteiger partial charge in [0.15, 0.2) is 5.96 Å². The van der Waals surface area contributed by atoms with Crippen LogP contribution in [0.3, 0.4) is 0 Å². The highest BCUT2D eigenvalue weighted by Crippen LogP contribution is 2.28. The monoisotopic (exact) mass is 524 g/mol. The van der Waals surface area contributed by atoms with E-state index in [-0.39, 0.29) is 24.0 Å². The zero-order valence-corrected chi connectivity index (χ0v) is 20.4. The average Bonchev–Trinajstić information content (AvgIpc) is 3.46.